The molecule has 104 valence electrons. The van der Waals surface area contributed by atoms with E-state index in [0.29, 0.717) is 30.4 Å². The second kappa shape index (κ2) is 4.71. The van der Waals surface area contributed by atoms with E-state index in [1.165, 1.54) is 18.2 Å². The lowest BCUT2D eigenvalue weighted by Crippen LogP contribution is -2.38. The Kier molecular flexibility index (Phi) is 3.14. The van der Waals surface area contributed by atoms with Crippen LogP contribution in [-0.2, 0) is 9.84 Å². The number of hydrogen-bond donors (Lipinski definition) is 0. The molecule has 3 nitrogen and oxygen atoms in total. The molecule has 0 N–H and O–H groups in total. The average molecular weight is 291 g/mol. The Labute approximate surface area is 117 Å². The molecule has 0 amide bonds. The summed E-state index contributed by atoms with van der Waals surface area (Å²) in [7, 11) is -3.09. The van der Waals surface area contributed by atoms with Gasteiger partial charge in [-0.1, -0.05) is 12.5 Å². The Bertz CT molecular complexity index is 731. The summed E-state index contributed by atoms with van der Waals surface area (Å²) in [5.41, 5.74) is 1.74. The molecule has 0 aromatic heterocycles. The number of hydrogen-bond acceptors (Lipinski definition) is 3. The third-order valence-electron chi connectivity index (χ3n) is 4.18. The molecule has 0 radical (unpaired) electrons. The highest BCUT2D eigenvalue weighted by molar-refractivity contribution is 7.93. The SMILES string of the molecule is N#Cc1ccc(F)cc1C1=CC2CCCC(C1)S2(=O)=O. The van der Waals surface area contributed by atoms with Crippen LogP contribution in [0, 0.1) is 17.1 Å². The van der Waals surface area contributed by atoms with Crippen molar-refractivity contribution in [2.75, 3.05) is 0 Å². The van der Waals surface area contributed by atoms with Gasteiger partial charge in [0, 0.05) is 0 Å². The molecule has 3 rings (SSSR count). The standard InChI is InChI=1S/C15H14FNO2S/c16-12-5-4-10(9-17)15(8-12)11-6-13-2-1-3-14(7-11)20(13,18)19/h4-6,8,13-14H,1-3,7H2. The summed E-state index contributed by atoms with van der Waals surface area (Å²) in [5.74, 6) is -0.404. The lowest BCUT2D eigenvalue weighted by Gasteiger charge is -2.33. The summed E-state index contributed by atoms with van der Waals surface area (Å²) in [5, 5.41) is 8.28. The number of nitrogens with zero attached hydrogens (tertiary/aromatic N) is 1. The average Bonchev–Trinajstić information content (AvgIpc) is 2.37. The van der Waals surface area contributed by atoms with Gasteiger partial charge in [-0.25, -0.2) is 12.8 Å². The van der Waals surface area contributed by atoms with Crippen LogP contribution < -0.4 is 0 Å². The van der Waals surface area contributed by atoms with Gasteiger partial charge in [-0.15, -0.1) is 0 Å². The van der Waals surface area contributed by atoms with Crippen LogP contribution in [0.25, 0.3) is 5.57 Å². The van der Waals surface area contributed by atoms with E-state index >= 15 is 0 Å². The van der Waals surface area contributed by atoms with Crippen LogP contribution in [0.3, 0.4) is 0 Å². The van der Waals surface area contributed by atoms with Crippen LogP contribution in [-0.4, -0.2) is 18.9 Å². The lowest BCUT2D eigenvalue weighted by molar-refractivity contribution is 0.518. The number of allylic oxidation sites excluding steroid dienone is 1. The van der Waals surface area contributed by atoms with Crippen molar-refractivity contribution in [2.45, 2.75) is 36.2 Å². The largest absolute Gasteiger partial charge is 0.228 e. The summed E-state index contributed by atoms with van der Waals surface area (Å²) in [6.07, 6.45) is 4.30. The molecule has 1 fully saturated rings. The summed E-state index contributed by atoms with van der Waals surface area (Å²) >= 11 is 0. The predicted octanol–water partition coefficient (Wildman–Crippen LogP) is 2.82. The molecule has 2 atom stereocenters. The van der Waals surface area contributed by atoms with Crippen LogP contribution in [0.1, 0.15) is 36.8 Å². The Balaban J connectivity index is 2.11. The van der Waals surface area contributed by atoms with E-state index in [1.807, 2.05) is 6.07 Å². The Morgan fingerprint density at radius 3 is 2.80 bits per heavy atom. The number of nitriles is 1. The zero-order valence-electron chi connectivity index (χ0n) is 10.8. The highest BCUT2D eigenvalue weighted by Gasteiger charge is 2.40. The first-order chi connectivity index (χ1) is 9.52. The molecule has 0 saturated carbocycles. The van der Waals surface area contributed by atoms with Crippen LogP contribution in [0.15, 0.2) is 24.3 Å². The molecule has 1 aromatic rings. The highest BCUT2D eigenvalue weighted by Crippen LogP contribution is 2.39. The van der Waals surface area contributed by atoms with Crippen molar-refractivity contribution in [3.05, 3.63) is 41.2 Å². The lowest BCUT2D eigenvalue weighted by atomic mass is 9.91. The van der Waals surface area contributed by atoms with Crippen molar-refractivity contribution < 1.29 is 12.8 Å². The normalized spacial score (nSPS) is 27.5. The van der Waals surface area contributed by atoms with E-state index < -0.39 is 20.9 Å². The molecule has 5 heteroatoms. The van der Waals surface area contributed by atoms with Gasteiger partial charge in [0.1, 0.15) is 5.82 Å². The maximum Gasteiger partial charge on any atom is 0.159 e. The molecule has 2 heterocycles. The van der Waals surface area contributed by atoms with Gasteiger partial charge in [0.2, 0.25) is 0 Å². The van der Waals surface area contributed by atoms with Crippen LogP contribution in [0.5, 0.6) is 0 Å². The number of halogens is 1. The first-order valence-corrected chi connectivity index (χ1v) is 8.27. The van der Waals surface area contributed by atoms with Crippen LogP contribution >= 0.6 is 0 Å². The van der Waals surface area contributed by atoms with Crippen molar-refractivity contribution in [2.24, 2.45) is 0 Å². The fourth-order valence-electron chi connectivity index (χ4n) is 3.14. The second-order valence-electron chi connectivity index (χ2n) is 5.38. The first kappa shape index (κ1) is 13.3. The highest BCUT2D eigenvalue weighted by atomic mass is 32.2. The maximum atomic E-state index is 13.4. The smallest absolute Gasteiger partial charge is 0.159 e. The fraction of sp³-hybridized carbons (Fsp3) is 0.400. The Morgan fingerprint density at radius 2 is 2.10 bits per heavy atom. The summed E-state index contributed by atoms with van der Waals surface area (Å²) < 4.78 is 37.8. The Morgan fingerprint density at radius 1 is 1.30 bits per heavy atom. The Hall–Kier alpha value is -1.67. The minimum absolute atomic E-state index is 0.379. The van der Waals surface area contributed by atoms with Crippen molar-refractivity contribution in [3.8, 4) is 6.07 Å². The third kappa shape index (κ3) is 2.04. The van der Waals surface area contributed by atoms with Gasteiger partial charge in [0.05, 0.1) is 22.1 Å². The van der Waals surface area contributed by atoms with E-state index in [9.17, 15) is 12.8 Å². The molecular formula is C15H14FNO2S. The van der Waals surface area contributed by atoms with E-state index in [4.69, 9.17) is 5.26 Å². The summed E-state index contributed by atoms with van der Waals surface area (Å²) in [4.78, 5) is 0. The van der Waals surface area contributed by atoms with E-state index in [2.05, 4.69) is 0 Å². The van der Waals surface area contributed by atoms with E-state index in [0.717, 1.165) is 12.0 Å². The minimum Gasteiger partial charge on any atom is -0.228 e. The molecule has 1 aromatic carbocycles. The molecule has 2 aliphatic rings. The number of fused-ring (bicyclic) bond motifs is 2. The molecule has 1 saturated heterocycles. The molecule has 2 aliphatic heterocycles. The monoisotopic (exact) mass is 291 g/mol. The van der Waals surface area contributed by atoms with E-state index in [1.54, 1.807) is 6.08 Å². The van der Waals surface area contributed by atoms with Crippen molar-refractivity contribution in [1.29, 1.82) is 5.26 Å². The summed E-state index contributed by atoms with van der Waals surface area (Å²) in [6.45, 7) is 0. The van der Waals surface area contributed by atoms with Crippen LogP contribution in [0.2, 0.25) is 0 Å². The van der Waals surface area contributed by atoms with Gasteiger partial charge >= 0.3 is 0 Å². The van der Waals surface area contributed by atoms with E-state index in [-0.39, 0.29) is 5.25 Å². The molecule has 0 aliphatic carbocycles. The molecule has 2 bridgehead atoms. The molecule has 2 unspecified atom stereocenters. The molecular weight excluding hydrogens is 277 g/mol. The van der Waals surface area contributed by atoms with Crippen molar-refractivity contribution >= 4 is 15.4 Å². The van der Waals surface area contributed by atoms with Crippen LogP contribution in [0.4, 0.5) is 4.39 Å². The number of rotatable bonds is 1. The van der Waals surface area contributed by atoms with Crippen molar-refractivity contribution in [3.63, 3.8) is 0 Å². The van der Waals surface area contributed by atoms with Gasteiger partial charge in [-0.3, -0.25) is 0 Å². The van der Waals surface area contributed by atoms with Gasteiger partial charge in [0.15, 0.2) is 9.84 Å². The van der Waals surface area contributed by atoms with Gasteiger partial charge in [0.25, 0.3) is 0 Å². The summed E-state index contributed by atoms with van der Waals surface area (Å²) in [6, 6.07) is 6.08. The molecule has 20 heavy (non-hydrogen) atoms. The first-order valence-electron chi connectivity index (χ1n) is 6.66. The topological polar surface area (TPSA) is 57.9 Å². The zero-order chi connectivity index (χ0) is 14.3. The zero-order valence-corrected chi connectivity index (χ0v) is 11.7. The third-order valence-corrected chi connectivity index (χ3v) is 6.73. The minimum atomic E-state index is -3.09. The fourth-order valence-corrected chi connectivity index (χ4v) is 5.39. The van der Waals surface area contributed by atoms with Gasteiger partial charge in [-0.2, -0.15) is 5.26 Å². The predicted molar refractivity (Wildman–Crippen MR) is 74.1 cm³/mol. The molecule has 0 spiro atoms. The van der Waals surface area contributed by atoms with Crippen molar-refractivity contribution in [1.82, 2.24) is 0 Å². The quantitative estimate of drug-likeness (QED) is 0.799. The number of benzene rings is 1. The number of sulfone groups is 1. The second-order valence-corrected chi connectivity index (χ2v) is 7.83. The van der Waals surface area contributed by atoms with Gasteiger partial charge < -0.3 is 0 Å². The van der Waals surface area contributed by atoms with Gasteiger partial charge in [-0.05, 0) is 48.6 Å². The maximum absolute atomic E-state index is 13.4.